The number of benzene rings is 1. The van der Waals surface area contributed by atoms with Crippen LogP contribution < -0.4 is 5.17 Å². The van der Waals surface area contributed by atoms with Gasteiger partial charge in [0.2, 0.25) is 0 Å². The molecule has 1 aliphatic rings. The number of anilines is 1. The molecule has 0 radical (unpaired) electrons. The fraction of sp³-hybridized carbons (Fsp3) is 0.389. The van der Waals surface area contributed by atoms with Gasteiger partial charge in [0.25, 0.3) is 0 Å². The van der Waals surface area contributed by atoms with E-state index in [4.69, 9.17) is 4.74 Å². The molecule has 1 aromatic carbocycles. The first-order valence-corrected chi connectivity index (χ1v) is 8.47. The zero-order valence-electron chi connectivity index (χ0n) is 14.2. The molecule has 0 unspecified atom stereocenters. The molecule has 0 bridgehead atoms. The normalized spacial score (nSPS) is 17.9. The van der Waals surface area contributed by atoms with Crippen LogP contribution in [0.25, 0.3) is 0 Å². The van der Waals surface area contributed by atoms with Crippen molar-refractivity contribution >= 4 is 11.7 Å². The summed E-state index contributed by atoms with van der Waals surface area (Å²) in [6.07, 6.45) is 5.39. The van der Waals surface area contributed by atoms with Gasteiger partial charge >= 0.3 is 5.97 Å². The summed E-state index contributed by atoms with van der Waals surface area (Å²) in [5, 5.41) is 13.6. The maximum atomic E-state index is 11.9. The first-order valence-electron chi connectivity index (χ1n) is 8.47. The van der Waals surface area contributed by atoms with Crippen molar-refractivity contribution in [2.45, 2.75) is 25.7 Å². The van der Waals surface area contributed by atoms with Crippen molar-refractivity contribution < 1.29 is 14.7 Å². The molecule has 0 spiro atoms. The number of rotatable bonds is 5. The van der Waals surface area contributed by atoms with E-state index in [9.17, 15) is 10.0 Å². The Hall–Kier alpha value is -2.51. The first-order chi connectivity index (χ1) is 12.2. The summed E-state index contributed by atoms with van der Waals surface area (Å²) >= 11 is 0. The van der Waals surface area contributed by atoms with Gasteiger partial charge in [0.1, 0.15) is 5.82 Å². The van der Waals surface area contributed by atoms with E-state index in [-0.39, 0.29) is 5.92 Å². The number of esters is 1. The molecule has 0 saturated carbocycles. The van der Waals surface area contributed by atoms with Crippen LogP contribution in [0.1, 0.15) is 41.9 Å². The molecule has 1 fully saturated rings. The van der Waals surface area contributed by atoms with Crippen molar-refractivity contribution in [2.75, 3.05) is 24.9 Å². The van der Waals surface area contributed by atoms with Crippen LogP contribution in [0.15, 0.2) is 42.7 Å². The summed E-state index contributed by atoms with van der Waals surface area (Å²) in [5.74, 6) is 0.561. The van der Waals surface area contributed by atoms with E-state index in [1.807, 2.05) is 5.01 Å². The number of hydrogen-bond donors (Lipinski definition) is 1. The molecule has 7 nitrogen and oxygen atoms in total. The van der Waals surface area contributed by atoms with Crippen molar-refractivity contribution in [3.8, 4) is 0 Å². The Balaban J connectivity index is 1.73. The number of carbonyl (C=O) groups excluding carboxylic acids is 1. The number of hydrogen-bond acceptors (Lipinski definition) is 7. The van der Waals surface area contributed by atoms with E-state index in [0.29, 0.717) is 24.4 Å². The fourth-order valence-corrected chi connectivity index (χ4v) is 3.00. The van der Waals surface area contributed by atoms with Crippen LogP contribution in [-0.4, -0.2) is 45.8 Å². The molecule has 1 atom stereocenters. The molecule has 0 amide bonds. The van der Waals surface area contributed by atoms with Crippen molar-refractivity contribution in [1.82, 2.24) is 15.0 Å². The Morgan fingerprint density at radius 2 is 2.16 bits per heavy atom. The second-order valence-corrected chi connectivity index (χ2v) is 5.92. The Morgan fingerprint density at radius 1 is 1.36 bits per heavy atom. The lowest BCUT2D eigenvalue weighted by Crippen LogP contribution is -2.46. The Bertz CT molecular complexity index is 710. The number of hydrazine groups is 1. The maximum Gasteiger partial charge on any atom is 0.338 e. The molecule has 3 rings (SSSR count). The van der Waals surface area contributed by atoms with Gasteiger partial charge in [-0.3, -0.25) is 5.21 Å². The van der Waals surface area contributed by atoms with Gasteiger partial charge in [0, 0.05) is 31.4 Å². The zero-order valence-corrected chi connectivity index (χ0v) is 14.2. The standard InChI is InChI=1S/C18H22N4O3/c1-2-25-18(23)14-6-3-8-16(12-14)22(24)21-11-4-7-15(13-21)17-19-9-5-10-20-17/h3,5-6,8-10,12,15,24H,2,4,7,11,13H2,1H3/t15-/m1/s1. The van der Waals surface area contributed by atoms with Gasteiger partial charge in [-0.1, -0.05) is 6.07 Å². The molecule has 7 heteroatoms. The molecular formula is C18H22N4O3. The van der Waals surface area contributed by atoms with E-state index < -0.39 is 5.97 Å². The van der Waals surface area contributed by atoms with Crippen LogP contribution in [0.5, 0.6) is 0 Å². The Labute approximate surface area is 146 Å². The van der Waals surface area contributed by atoms with Gasteiger partial charge in [0.05, 0.1) is 17.9 Å². The number of nitrogens with zero attached hydrogens (tertiary/aromatic N) is 4. The van der Waals surface area contributed by atoms with Gasteiger partial charge < -0.3 is 4.74 Å². The predicted octanol–water partition coefficient (Wildman–Crippen LogP) is 2.64. The average molecular weight is 342 g/mol. The minimum absolute atomic E-state index is 0.165. The van der Waals surface area contributed by atoms with E-state index in [0.717, 1.165) is 30.4 Å². The van der Waals surface area contributed by atoms with Crippen LogP contribution in [0.2, 0.25) is 0 Å². The quantitative estimate of drug-likeness (QED) is 0.661. The lowest BCUT2D eigenvalue weighted by Gasteiger charge is -2.37. The van der Waals surface area contributed by atoms with Crippen molar-refractivity contribution in [3.63, 3.8) is 0 Å². The van der Waals surface area contributed by atoms with E-state index in [1.165, 1.54) is 0 Å². The summed E-state index contributed by atoms with van der Waals surface area (Å²) < 4.78 is 5.01. The summed E-state index contributed by atoms with van der Waals surface area (Å²) in [4.78, 5) is 20.5. The van der Waals surface area contributed by atoms with Crippen molar-refractivity contribution in [3.05, 3.63) is 54.1 Å². The van der Waals surface area contributed by atoms with Crippen molar-refractivity contribution in [2.24, 2.45) is 0 Å². The van der Waals surface area contributed by atoms with Crippen LogP contribution in [-0.2, 0) is 4.74 Å². The highest BCUT2D eigenvalue weighted by atomic mass is 16.6. The van der Waals surface area contributed by atoms with Crippen LogP contribution >= 0.6 is 0 Å². The average Bonchev–Trinajstić information content (AvgIpc) is 2.68. The molecule has 2 aromatic rings. The summed E-state index contributed by atoms with van der Waals surface area (Å²) in [6.45, 7) is 3.42. The van der Waals surface area contributed by atoms with Gasteiger partial charge in [-0.25, -0.2) is 14.8 Å². The molecule has 25 heavy (non-hydrogen) atoms. The van der Waals surface area contributed by atoms with Crippen molar-refractivity contribution in [1.29, 1.82) is 0 Å². The van der Waals surface area contributed by atoms with Gasteiger partial charge in [-0.05, 0) is 44.0 Å². The molecule has 0 aliphatic carbocycles. The number of piperidine rings is 1. The molecule has 1 aliphatic heterocycles. The van der Waals surface area contributed by atoms with Gasteiger partial charge in [-0.2, -0.15) is 10.2 Å². The summed E-state index contributed by atoms with van der Waals surface area (Å²) in [7, 11) is 0. The highest BCUT2D eigenvalue weighted by Gasteiger charge is 2.27. The number of aromatic nitrogens is 2. The van der Waals surface area contributed by atoms with E-state index in [2.05, 4.69) is 9.97 Å². The molecular weight excluding hydrogens is 320 g/mol. The van der Waals surface area contributed by atoms with E-state index >= 15 is 0 Å². The predicted molar refractivity (Wildman–Crippen MR) is 92.2 cm³/mol. The molecule has 132 valence electrons. The van der Waals surface area contributed by atoms with Gasteiger partial charge in [0.15, 0.2) is 0 Å². The summed E-state index contributed by atoms with van der Waals surface area (Å²) in [5.41, 5.74) is 0.943. The minimum atomic E-state index is -0.396. The third kappa shape index (κ3) is 4.12. The number of ether oxygens (including phenoxy) is 1. The second-order valence-electron chi connectivity index (χ2n) is 5.92. The second kappa shape index (κ2) is 8.04. The number of carbonyl (C=O) groups is 1. The molecule has 1 aromatic heterocycles. The highest BCUT2D eigenvalue weighted by molar-refractivity contribution is 5.90. The minimum Gasteiger partial charge on any atom is -0.462 e. The van der Waals surface area contributed by atoms with Crippen LogP contribution in [0.3, 0.4) is 0 Å². The molecule has 2 heterocycles. The topological polar surface area (TPSA) is 78.8 Å². The van der Waals surface area contributed by atoms with Crippen LogP contribution in [0.4, 0.5) is 5.69 Å². The molecule has 1 saturated heterocycles. The first kappa shape index (κ1) is 17.3. The fourth-order valence-electron chi connectivity index (χ4n) is 3.00. The Morgan fingerprint density at radius 3 is 2.92 bits per heavy atom. The SMILES string of the molecule is CCOC(=O)c1cccc(N(O)N2CCC[C@@H](c3ncccn3)C2)c1. The maximum absolute atomic E-state index is 11.9. The molecule has 1 N–H and O–H groups in total. The monoisotopic (exact) mass is 342 g/mol. The zero-order chi connectivity index (χ0) is 17.6. The summed E-state index contributed by atoms with van der Waals surface area (Å²) in [6, 6.07) is 8.58. The Kier molecular flexibility index (Phi) is 5.57. The third-order valence-electron chi connectivity index (χ3n) is 4.21. The lowest BCUT2D eigenvalue weighted by atomic mass is 9.98. The smallest absolute Gasteiger partial charge is 0.338 e. The van der Waals surface area contributed by atoms with E-state index in [1.54, 1.807) is 49.6 Å². The highest BCUT2D eigenvalue weighted by Crippen LogP contribution is 2.27. The van der Waals surface area contributed by atoms with Gasteiger partial charge in [-0.15, -0.1) is 0 Å². The third-order valence-corrected chi connectivity index (χ3v) is 4.21. The lowest BCUT2D eigenvalue weighted by molar-refractivity contribution is 0.0423. The largest absolute Gasteiger partial charge is 0.462 e. The van der Waals surface area contributed by atoms with Crippen LogP contribution in [0, 0.1) is 0 Å².